The Morgan fingerprint density at radius 1 is 0.966 bits per heavy atom. The van der Waals surface area contributed by atoms with E-state index in [4.69, 9.17) is 24.0 Å². The summed E-state index contributed by atoms with van der Waals surface area (Å²) in [4.78, 5) is 55.3. The predicted octanol–water partition coefficient (Wildman–Crippen LogP) is 10.2. The number of carbonyl (C=O) groups is 3. The third-order valence-electron chi connectivity index (χ3n) is 10.6. The second-order valence-electron chi connectivity index (χ2n) is 19.2. The number of aromatic nitrogens is 3. The van der Waals surface area contributed by atoms with Crippen molar-refractivity contribution in [1.82, 2.24) is 20.1 Å². The van der Waals surface area contributed by atoms with Gasteiger partial charge in [0.2, 0.25) is 0 Å². The summed E-state index contributed by atoms with van der Waals surface area (Å²) < 4.78 is 52.9. The molecule has 2 aromatic heterocycles. The van der Waals surface area contributed by atoms with Crippen molar-refractivity contribution in [2.45, 2.75) is 154 Å². The lowest BCUT2D eigenvalue weighted by atomic mass is 9.38. The van der Waals surface area contributed by atoms with Crippen LogP contribution in [0.4, 0.5) is 40.4 Å². The molecule has 2 heterocycles. The van der Waals surface area contributed by atoms with E-state index in [1.165, 1.54) is 35.2 Å². The monoisotopic (exact) mass is 824 g/mol. The number of nitro benzene ring substituents is 1. The van der Waals surface area contributed by atoms with Gasteiger partial charge in [0, 0.05) is 35.3 Å². The van der Waals surface area contributed by atoms with Crippen molar-refractivity contribution in [3.8, 4) is 5.75 Å². The zero-order valence-corrected chi connectivity index (χ0v) is 35.1. The van der Waals surface area contributed by atoms with Crippen molar-refractivity contribution in [3.63, 3.8) is 0 Å². The number of hydrogen-bond donors (Lipinski definition) is 1. The van der Waals surface area contributed by atoms with Crippen LogP contribution in [-0.2, 0) is 26.2 Å². The van der Waals surface area contributed by atoms with Crippen LogP contribution in [0.1, 0.15) is 137 Å². The van der Waals surface area contributed by atoms with Crippen LogP contribution in [0.25, 0.3) is 0 Å². The molecule has 4 aliphatic rings. The number of non-ortho nitro benzene ring substituents is 1. The quantitative estimate of drug-likeness (QED) is 0.0640. The highest BCUT2D eigenvalue weighted by atomic mass is 19.3. The molecule has 17 heteroatoms. The zero-order valence-electron chi connectivity index (χ0n) is 35.1. The molecule has 3 aromatic rings. The molecule has 59 heavy (non-hydrogen) atoms. The first-order chi connectivity index (χ1) is 27.3. The number of nitrogens with zero attached hydrogens (tertiary/aromatic N) is 5. The Kier molecular flexibility index (Phi) is 11.5. The molecule has 2 atom stereocenters. The molecule has 4 aliphatic carbocycles. The van der Waals surface area contributed by atoms with Crippen LogP contribution in [0.5, 0.6) is 5.75 Å². The number of halogens is 2. The highest BCUT2D eigenvalue weighted by molar-refractivity contribution is 5.95. The van der Waals surface area contributed by atoms with Gasteiger partial charge in [0.25, 0.3) is 12.1 Å². The standard InChI is InChI=1S/C42H54F2N6O9/c1-38(2,3)49-33(21-31(47-49)25-10-13-30(18-25)57-37(53)56-29-14-11-27(12-15-29)50(54)55)48(36(52)59-40(7,8)9)28-19-26(45-32(20-28)34(43)44)16-17-41-22-42(23-41,24-41)46-35(51)58-39(4,5)6/h11-12,14-15,19-21,25,30,34H,10,13,16-18,22-24H2,1-9H3,(H,46,51)/t25-,30+,41?,42?/m0/s1. The summed E-state index contributed by atoms with van der Waals surface area (Å²) in [6.45, 7) is 16.3. The molecule has 0 saturated heterocycles. The number of hydrogen-bond acceptors (Lipinski definition) is 11. The molecule has 0 unspecified atom stereocenters. The van der Waals surface area contributed by atoms with Crippen molar-refractivity contribution < 1.29 is 47.0 Å². The van der Waals surface area contributed by atoms with Gasteiger partial charge in [-0.1, -0.05) is 0 Å². The Bertz CT molecular complexity index is 2060. The first-order valence-electron chi connectivity index (χ1n) is 19.9. The number of ether oxygens (including phenoxy) is 4. The lowest BCUT2D eigenvalue weighted by Crippen LogP contribution is -2.74. The fourth-order valence-electron chi connectivity index (χ4n) is 8.36. The number of amides is 2. The fourth-order valence-corrected chi connectivity index (χ4v) is 8.36. The molecule has 7 rings (SSSR count). The molecule has 1 aromatic carbocycles. The number of nitro groups is 1. The SMILES string of the molecule is CC(C)(C)OC(=O)NC12CC(CCc3cc(N(C(=O)OC(C)(C)C)c4cc([C@H]5CC[C@@H](OC(=O)Oc6ccc([N+](=O)[O-])cc6)C5)nn4C(C)(C)C)cc(C(F)F)n3)(C1)C2. The summed E-state index contributed by atoms with van der Waals surface area (Å²) >= 11 is 0. The van der Waals surface area contributed by atoms with Gasteiger partial charge >= 0.3 is 18.3 Å². The second kappa shape index (κ2) is 15.7. The van der Waals surface area contributed by atoms with E-state index in [-0.39, 0.29) is 34.0 Å². The van der Waals surface area contributed by atoms with E-state index >= 15 is 0 Å². The predicted molar refractivity (Wildman–Crippen MR) is 212 cm³/mol. The number of alkyl halides is 2. The molecule has 2 amide bonds. The largest absolute Gasteiger partial charge is 0.514 e. The average molecular weight is 825 g/mol. The van der Waals surface area contributed by atoms with Crippen molar-refractivity contribution in [2.24, 2.45) is 5.41 Å². The third-order valence-corrected chi connectivity index (χ3v) is 10.6. The van der Waals surface area contributed by atoms with Gasteiger partial charge in [-0.2, -0.15) is 5.10 Å². The molecule has 2 bridgehead atoms. The molecular weight excluding hydrogens is 770 g/mol. The zero-order chi connectivity index (χ0) is 43.3. The molecule has 320 valence electrons. The third kappa shape index (κ3) is 10.3. The Morgan fingerprint density at radius 3 is 2.19 bits per heavy atom. The van der Waals surface area contributed by atoms with E-state index in [1.807, 2.05) is 41.5 Å². The summed E-state index contributed by atoms with van der Waals surface area (Å²) in [5, 5.41) is 18.9. The van der Waals surface area contributed by atoms with E-state index in [9.17, 15) is 33.3 Å². The molecule has 4 fully saturated rings. The van der Waals surface area contributed by atoms with Crippen LogP contribution in [0.3, 0.4) is 0 Å². The molecule has 0 radical (unpaired) electrons. The smallest absolute Gasteiger partial charge is 0.444 e. The maximum atomic E-state index is 14.5. The highest BCUT2D eigenvalue weighted by Crippen LogP contribution is 2.69. The van der Waals surface area contributed by atoms with Crippen LogP contribution in [0.15, 0.2) is 42.5 Å². The lowest BCUT2D eigenvalue weighted by Gasteiger charge is -2.70. The van der Waals surface area contributed by atoms with Gasteiger partial charge in [0.15, 0.2) is 0 Å². The van der Waals surface area contributed by atoms with Crippen LogP contribution >= 0.6 is 0 Å². The number of alkyl carbamates (subject to hydrolysis) is 1. The second-order valence-corrected chi connectivity index (χ2v) is 19.2. The topological polar surface area (TPSA) is 177 Å². The summed E-state index contributed by atoms with van der Waals surface area (Å²) in [7, 11) is 0. The van der Waals surface area contributed by atoms with Gasteiger partial charge in [0.05, 0.1) is 21.8 Å². The van der Waals surface area contributed by atoms with Crippen LogP contribution in [0, 0.1) is 15.5 Å². The van der Waals surface area contributed by atoms with E-state index in [0.29, 0.717) is 49.3 Å². The van der Waals surface area contributed by atoms with Gasteiger partial charge < -0.3 is 24.3 Å². The Labute approximate surface area is 342 Å². The van der Waals surface area contributed by atoms with E-state index in [1.54, 1.807) is 37.6 Å². The molecule has 0 spiro atoms. The van der Waals surface area contributed by atoms with Crippen LogP contribution in [-0.4, -0.2) is 60.9 Å². The normalized spacial score (nSPS) is 22.5. The van der Waals surface area contributed by atoms with E-state index in [2.05, 4.69) is 10.3 Å². The summed E-state index contributed by atoms with van der Waals surface area (Å²) in [6.07, 6.45) is -0.842. The molecular formula is C42H54F2N6O9. The summed E-state index contributed by atoms with van der Waals surface area (Å²) in [5.41, 5.74) is -2.07. The van der Waals surface area contributed by atoms with Crippen molar-refractivity contribution in [3.05, 3.63) is 69.7 Å². The van der Waals surface area contributed by atoms with Crippen molar-refractivity contribution >= 4 is 35.5 Å². The Morgan fingerprint density at radius 2 is 1.61 bits per heavy atom. The molecule has 1 N–H and O–H groups in total. The minimum atomic E-state index is -2.92. The number of rotatable bonds is 11. The van der Waals surface area contributed by atoms with Crippen molar-refractivity contribution in [1.29, 1.82) is 0 Å². The van der Waals surface area contributed by atoms with Crippen LogP contribution in [0.2, 0.25) is 0 Å². The lowest BCUT2D eigenvalue weighted by molar-refractivity contribution is -0.384. The van der Waals surface area contributed by atoms with Gasteiger partial charge in [0.1, 0.15) is 34.6 Å². The average Bonchev–Trinajstić information content (AvgIpc) is 3.71. The first kappa shape index (κ1) is 43.2. The van der Waals surface area contributed by atoms with Gasteiger partial charge in [-0.05, 0) is 143 Å². The molecule has 15 nitrogen and oxygen atoms in total. The number of aryl methyl sites for hydroxylation is 1. The van der Waals surface area contributed by atoms with Crippen molar-refractivity contribution in [2.75, 3.05) is 4.90 Å². The number of anilines is 2. The van der Waals surface area contributed by atoms with Gasteiger partial charge in [-0.25, -0.2) is 32.7 Å². The summed E-state index contributed by atoms with van der Waals surface area (Å²) in [6, 6.07) is 9.66. The Hall–Kier alpha value is -5.35. The van der Waals surface area contributed by atoms with E-state index < -0.39 is 58.2 Å². The molecule has 4 saturated carbocycles. The minimum absolute atomic E-state index is 0.0490. The number of carbonyl (C=O) groups excluding carboxylic acids is 3. The van der Waals surface area contributed by atoms with Gasteiger partial charge in [-0.15, -0.1) is 0 Å². The highest BCUT2D eigenvalue weighted by Gasteiger charge is 2.68. The maximum absolute atomic E-state index is 14.5. The van der Waals surface area contributed by atoms with Crippen LogP contribution < -0.4 is 15.0 Å². The summed E-state index contributed by atoms with van der Waals surface area (Å²) in [5.74, 6) is 0.206. The number of pyridine rings is 1. The number of benzene rings is 1. The number of nitrogens with one attached hydrogen (secondary N) is 1. The fraction of sp³-hybridized carbons (Fsp3) is 0.595. The maximum Gasteiger partial charge on any atom is 0.514 e. The minimum Gasteiger partial charge on any atom is -0.444 e. The molecule has 0 aliphatic heterocycles. The Balaban J connectivity index is 1.23. The first-order valence-corrected chi connectivity index (χ1v) is 19.9. The van der Waals surface area contributed by atoms with Gasteiger partial charge in [-0.3, -0.25) is 15.1 Å². The van der Waals surface area contributed by atoms with E-state index in [0.717, 1.165) is 19.3 Å².